The summed E-state index contributed by atoms with van der Waals surface area (Å²) in [5, 5.41) is 2.61. The number of nitrogens with zero attached hydrogens (tertiary/aromatic N) is 3. The van der Waals surface area contributed by atoms with Gasteiger partial charge in [-0.15, -0.1) is 0 Å². The second-order valence-corrected chi connectivity index (χ2v) is 7.54. The number of benzene rings is 1. The summed E-state index contributed by atoms with van der Waals surface area (Å²) in [5.74, 6) is -0.340. The Balaban J connectivity index is 1.42. The molecule has 0 unspecified atom stereocenters. The minimum absolute atomic E-state index is 0.0632. The monoisotopic (exact) mass is 406 g/mol. The van der Waals surface area contributed by atoms with E-state index in [4.69, 9.17) is 9.47 Å². The molecule has 0 spiro atoms. The van der Waals surface area contributed by atoms with Crippen LogP contribution < -0.4 is 15.1 Å². The van der Waals surface area contributed by atoms with E-state index in [0.717, 1.165) is 0 Å². The maximum absolute atomic E-state index is 14.8. The Morgan fingerprint density at radius 2 is 2.07 bits per heavy atom. The first-order chi connectivity index (χ1) is 13.9. The van der Waals surface area contributed by atoms with Crippen LogP contribution in [0.25, 0.3) is 0 Å². The lowest BCUT2D eigenvalue weighted by Crippen LogP contribution is -2.56. The van der Waals surface area contributed by atoms with Crippen molar-refractivity contribution in [1.29, 1.82) is 0 Å². The summed E-state index contributed by atoms with van der Waals surface area (Å²) < 4.78 is 24.8. The molecule has 0 aliphatic carbocycles. The van der Waals surface area contributed by atoms with Gasteiger partial charge in [0.15, 0.2) is 0 Å². The van der Waals surface area contributed by atoms with Crippen molar-refractivity contribution in [1.82, 2.24) is 10.2 Å². The lowest BCUT2D eigenvalue weighted by atomic mass is 9.91. The maximum Gasteiger partial charge on any atom is 0.414 e. The van der Waals surface area contributed by atoms with E-state index in [1.54, 1.807) is 17.0 Å². The highest BCUT2D eigenvalue weighted by molar-refractivity contribution is 5.90. The van der Waals surface area contributed by atoms with Crippen molar-refractivity contribution in [2.45, 2.75) is 19.1 Å². The average Bonchev–Trinajstić information content (AvgIpc) is 3.21. The number of rotatable bonds is 4. The third-order valence-corrected chi connectivity index (χ3v) is 5.68. The molecular formula is C19H23FN4O5. The topological polar surface area (TPSA) is 91.4 Å². The highest BCUT2D eigenvalue weighted by Gasteiger charge is 2.48. The number of anilines is 2. The molecule has 1 N–H and O–H groups in total. The summed E-state index contributed by atoms with van der Waals surface area (Å²) in [6.07, 6.45) is -1.41. The fourth-order valence-corrected chi connectivity index (χ4v) is 4.18. The van der Waals surface area contributed by atoms with Gasteiger partial charge in [-0.2, -0.15) is 0 Å². The predicted octanol–water partition coefficient (Wildman–Crippen LogP) is 1.17. The zero-order chi connectivity index (χ0) is 20.7. The van der Waals surface area contributed by atoms with Crippen molar-refractivity contribution in [3.8, 4) is 0 Å². The molecule has 3 heterocycles. The molecule has 1 aromatic carbocycles. The normalized spacial score (nSPS) is 25.4. The van der Waals surface area contributed by atoms with Gasteiger partial charge in [0.2, 0.25) is 5.91 Å². The minimum atomic E-state index is -0.568. The molecule has 10 heteroatoms. The Hall–Kier alpha value is -3.04. The molecule has 3 aliphatic rings. The molecule has 3 amide bonds. The van der Waals surface area contributed by atoms with E-state index in [1.165, 1.54) is 25.0 Å². The van der Waals surface area contributed by atoms with Gasteiger partial charge >= 0.3 is 12.2 Å². The van der Waals surface area contributed by atoms with Gasteiger partial charge in [-0.1, -0.05) is 0 Å². The van der Waals surface area contributed by atoms with Crippen molar-refractivity contribution in [2.24, 2.45) is 5.92 Å². The van der Waals surface area contributed by atoms with Crippen molar-refractivity contribution < 1.29 is 28.2 Å². The molecule has 3 saturated heterocycles. The fraction of sp³-hybridized carbons (Fsp3) is 0.526. The zero-order valence-electron chi connectivity index (χ0n) is 16.3. The molecule has 0 saturated carbocycles. The Morgan fingerprint density at radius 3 is 2.76 bits per heavy atom. The number of fused-ring (bicyclic) bond motifs is 1. The van der Waals surface area contributed by atoms with Crippen LogP contribution in [-0.4, -0.2) is 75.0 Å². The van der Waals surface area contributed by atoms with E-state index in [0.29, 0.717) is 36.9 Å². The molecule has 156 valence electrons. The lowest BCUT2D eigenvalue weighted by Gasteiger charge is -2.45. The van der Waals surface area contributed by atoms with E-state index in [1.807, 2.05) is 4.90 Å². The first kappa shape index (κ1) is 19.3. The summed E-state index contributed by atoms with van der Waals surface area (Å²) in [6.45, 7) is 3.62. The predicted molar refractivity (Wildman–Crippen MR) is 101 cm³/mol. The Bertz CT molecular complexity index is 850. The van der Waals surface area contributed by atoms with Gasteiger partial charge in [-0.3, -0.25) is 9.69 Å². The molecule has 3 aliphatic heterocycles. The molecule has 4 rings (SSSR count). The summed E-state index contributed by atoms with van der Waals surface area (Å²) in [7, 11) is 1.35. The molecule has 29 heavy (non-hydrogen) atoms. The van der Waals surface area contributed by atoms with Gasteiger partial charge in [0.05, 0.1) is 37.6 Å². The van der Waals surface area contributed by atoms with Crippen LogP contribution in [0.3, 0.4) is 0 Å². The lowest BCUT2D eigenvalue weighted by molar-refractivity contribution is -0.119. The van der Waals surface area contributed by atoms with Crippen molar-refractivity contribution in [2.75, 3.05) is 49.6 Å². The van der Waals surface area contributed by atoms with Gasteiger partial charge in [0.25, 0.3) is 0 Å². The number of ether oxygens (including phenoxy) is 2. The number of halogens is 1. The standard InChI is InChI=1S/C19H23FN4O5/c1-11(25)21-6-14-9-23(19(27)29-14)13-3-4-16(15(20)5-13)24-8-12-7-22(10-17(12)24)18(26)28-2/h3-5,12,14,17H,6-10H2,1-2H3,(H,21,25)/t12-,14+,17-/m1/s1. The van der Waals surface area contributed by atoms with Crippen LogP contribution in [0.5, 0.6) is 0 Å². The summed E-state index contributed by atoms with van der Waals surface area (Å²) in [5.41, 5.74) is 0.852. The van der Waals surface area contributed by atoms with Crippen LogP contribution >= 0.6 is 0 Å². The zero-order valence-corrected chi connectivity index (χ0v) is 16.3. The maximum atomic E-state index is 14.8. The van der Waals surface area contributed by atoms with Crippen molar-refractivity contribution in [3.05, 3.63) is 24.0 Å². The van der Waals surface area contributed by atoms with Gasteiger partial charge in [0.1, 0.15) is 11.9 Å². The van der Waals surface area contributed by atoms with Gasteiger partial charge in [0, 0.05) is 32.5 Å². The van der Waals surface area contributed by atoms with E-state index in [9.17, 15) is 18.8 Å². The quantitative estimate of drug-likeness (QED) is 0.807. The van der Waals surface area contributed by atoms with Crippen molar-refractivity contribution in [3.63, 3.8) is 0 Å². The van der Waals surface area contributed by atoms with E-state index < -0.39 is 18.0 Å². The number of methoxy groups -OCH3 is 1. The second-order valence-electron chi connectivity index (χ2n) is 7.54. The molecule has 3 fully saturated rings. The SMILES string of the molecule is COC(=O)N1C[C@@H]2CN(c3ccc(N4C[C@H](CNC(C)=O)OC4=O)cc3F)[C@@H]2C1. The molecule has 3 atom stereocenters. The first-order valence-corrected chi connectivity index (χ1v) is 9.49. The van der Waals surface area contributed by atoms with Gasteiger partial charge in [-0.05, 0) is 18.2 Å². The Kier molecular flexibility index (Phi) is 4.93. The third kappa shape index (κ3) is 3.54. The highest BCUT2D eigenvalue weighted by atomic mass is 19.1. The third-order valence-electron chi connectivity index (χ3n) is 5.68. The van der Waals surface area contributed by atoms with Crippen LogP contribution in [0.1, 0.15) is 6.92 Å². The summed E-state index contributed by atoms with van der Waals surface area (Å²) >= 11 is 0. The molecule has 1 aromatic rings. The number of amides is 3. The molecule has 0 aromatic heterocycles. The fourth-order valence-electron chi connectivity index (χ4n) is 4.18. The van der Waals surface area contributed by atoms with Crippen molar-refractivity contribution >= 4 is 29.5 Å². The number of carbonyl (C=O) groups excluding carboxylic acids is 3. The Labute approximate surface area is 167 Å². The number of carbonyl (C=O) groups is 3. The van der Waals surface area contributed by atoms with Gasteiger partial charge < -0.3 is 24.6 Å². The van der Waals surface area contributed by atoms with Crippen LogP contribution in [0, 0.1) is 11.7 Å². The largest absolute Gasteiger partial charge is 0.453 e. The van der Waals surface area contributed by atoms with E-state index in [-0.39, 0.29) is 31.1 Å². The average molecular weight is 406 g/mol. The number of nitrogens with one attached hydrogen (secondary N) is 1. The number of hydrogen-bond acceptors (Lipinski definition) is 6. The smallest absolute Gasteiger partial charge is 0.414 e. The van der Waals surface area contributed by atoms with Crippen LogP contribution in [0.4, 0.5) is 25.4 Å². The van der Waals surface area contributed by atoms with E-state index in [2.05, 4.69) is 5.32 Å². The minimum Gasteiger partial charge on any atom is -0.453 e. The number of hydrogen-bond donors (Lipinski definition) is 1. The summed E-state index contributed by atoms with van der Waals surface area (Å²) in [6, 6.07) is 4.71. The molecule has 9 nitrogen and oxygen atoms in total. The van der Waals surface area contributed by atoms with Gasteiger partial charge in [-0.25, -0.2) is 14.0 Å². The summed E-state index contributed by atoms with van der Waals surface area (Å²) in [4.78, 5) is 39.8. The Morgan fingerprint density at radius 1 is 1.28 bits per heavy atom. The molecular weight excluding hydrogens is 383 g/mol. The van der Waals surface area contributed by atoms with E-state index >= 15 is 0 Å². The molecule has 0 bridgehead atoms. The first-order valence-electron chi connectivity index (χ1n) is 9.49. The highest BCUT2D eigenvalue weighted by Crippen LogP contribution is 2.39. The van der Waals surface area contributed by atoms with Crippen LogP contribution in [0.15, 0.2) is 18.2 Å². The van der Waals surface area contributed by atoms with Crippen LogP contribution in [-0.2, 0) is 14.3 Å². The van der Waals surface area contributed by atoms with Crippen LogP contribution in [0.2, 0.25) is 0 Å². The number of likely N-dealkylation sites (tertiary alicyclic amines) is 1. The number of cyclic esters (lactones) is 1. The second kappa shape index (κ2) is 7.41. The molecule has 0 radical (unpaired) electrons.